The quantitative estimate of drug-likeness (QED) is 0.555. The van der Waals surface area contributed by atoms with Crippen LogP contribution in [0.15, 0.2) is 66.4 Å². The Balaban J connectivity index is 2.09. The molecule has 0 bridgehead atoms. The molecular formula is C24H33N. The highest BCUT2D eigenvalue weighted by atomic mass is 14.9. The van der Waals surface area contributed by atoms with Gasteiger partial charge in [0.05, 0.1) is 0 Å². The predicted octanol–water partition coefficient (Wildman–Crippen LogP) is 6.58. The van der Waals surface area contributed by atoms with Crippen molar-refractivity contribution < 1.29 is 0 Å². The van der Waals surface area contributed by atoms with Crippen molar-refractivity contribution in [2.45, 2.75) is 53.4 Å². The van der Waals surface area contributed by atoms with E-state index in [1.165, 1.54) is 41.5 Å². The monoisotopic (exact) mass is 335 g/mol. The van der Waals surface area contributed by atoms with Crippen molar-refractivity contribution in [1.29, 1.82) is 0 Å². The molecule has 0 aliphatic heterocycles. The van der Waals surface area contributed by atoms with E-state index in [2.05, 4.69) is 88.2 Å². The van der Waals surface area contributed by atoms with Crippen LogP contribution in [-0.2, 0) is 0 Å². The van der Waals surface area contributed by atoms with E-state index in [1.54, 1.807) is 0 Å². The van der Waals surface area contributed by atoms with E-state index in [0.717, 1.165) is 18.7 Å². The van der Waals surface area contributed by atoms with Crippen molar-refractivity contribution in [2.75, 3.05) is 6.54 Å². The molecule has 1 aliphatic rings. The maximum absolute atomic E-state index is 4.37. The van der Waals surface area contributed by atoms with Crippen LogP contribution in [0.25, 0.3) is 5.57 Å². The van der Waals surface area contributed by atoms with Gasteiger partial charge in [-0.1, -0.05) is 82.3 Å². The molecule has 1 aromatic carbocycles. The molecule has 0 aromatic heterocycles. The molecule has 25 heavy (non-hydrogen) atoms. The van der Waals surface area contributed by atoms with Gasteiger partial charge in [0.1, 0.15) is 0 Å². The van der Waals surface area contributed by atoms with E-state index in [1.807, 2.05) is 0 Å². The van der Waals surface area contributed by atoms with E-state index in [-0.39, 0.29) is 0 Å². The second-order valence-corrected chi connectivity index (χ2v) is 8.13. The standard InChI is InChI=1S/C24H33N/c1-19-13-9-10-16-22(19)23(21-14-7-6-8-15-21)20(2)25-18-12-11-17-24(3,4)5/h6-10,13-14,16,25H,2,11-12,15,17-18H2,1,3-5H3/b23-21-. The van der Waals surface area contributed by atoms with Crippen molar-refractivity contribution in [3.8, 4) is 0 Å². The molecule has 0 atom stereocenters. The summed E-state index contributed by atoms with van der Waals surface area (Å²) in [5.41, 5.74) is 6.64. The minimum absolute atomic E-state index is 0.421. The Kier molecular flexibility index (Phi) is 6.87. The maximum atomic E-state index is 4.37. The van der Waals surface area contributed by atoms with E-state index >= 15 is 0 Å². The highest BCUT2D eigenvalue weighted by Gasteiger charge is 2.14. The molecule has 1 N–H and O–H groups in total. The van der Waals surface area contributed by atoms with E-state index < -0.39 is 0 Å². The zero-order valence-electron chi connectivity index (χ0n) is 16.4. The average molecular weight is 336 g/mol. The van der Waals surface area contributed by atoms with Gasteiger partial charge in [-0.3, -0.25) is 0 Å². The highest BCUT2D eigenvalue weighted by molar-refractivity contribution is 5.83. The summed E-state index contributed by atoms with van der Waals surface area (Å²) in [6.45, 7) is 14.5. The SMILES string of the molecule is C=C(NCCCCC(C)(C)C)/C(=C1\C=CC=CC1)c1ccccc1C. The van der Waals surface area contributed by atoms with Crippen LogP contribution < -0.4 is 5.32 Å². The molecule has 0 spiro atoms. The Morgan fingerprint density at radius 1 is 1.12 bits per heavy atom. The number of aryl methyl sites for hydroxylation is 1. The summed E-state index contributed by atoms with van der Waals surface area (Å²) in [7, 11) is 0. The van der Waals surface area contributed by atoms with Crippen molar-refractivity contribution >= 4 is 5.57 Å². The Bertz CT molecular complexity index is 680. The Hall–Kier alpha value is -2.02. The first-order valence-corrected chi connectivity index (χ1v) is 9.44. The zero-order chi connectivity index (χ0) is 18.3. The van der Waals surface area contributed by atoms with Crippen molar-refractivity contribution in [1.82, 2.24) is 5.32 Å². The van der Waals surface area contributed by atoms with Crippen LogP contribution in [0, 0.1) is 12.3 Å². The predicted molar refractivity (Wildman–Crippen MR) is 111 cm³/mol. The van der Waals surface area contributed by atoms with Crippen LogP contribution in [0.1, 0.15) is 57.6 Å². The van der Waals surface area contributed by atoms with Gasteiger partial charge in [0, 0.05) is 17.8 Å². The number of hydrogen-bond donors (Lipinski definition) is 1. The first-order chi connectivity index (χ1) is 11.9. The van der Waals surface area contributed by atoms with Gasteiger partial charge >= 0.3 is 0 Å². The van der Waals surface area contributed by atoms with Crippen LogP contribution in [0.5, 0.6) is 0 Å². The third-order valence-electron chi connectivity index (χ3n) is 4.61. The number of hydrogen-bond acceptors (Lipinski definition) is 1. The average Bonchev–Trinajstić information content (AvgIpc) is 2.56. The van der Waals surface area contributed by atoms with Gasteiger partial charge in [0.25, 0.3) is 0 Å². The van der Waals surface area contributed by atoms with Crippen molar-refractivity contribution in [3.05, 3.63) is 77.5 Å². The molecule has 0 saturated carbocycles. The maximum Gasteiger partial charge on any atom is 0.0349 e. The van der Waals surface area contributed by atoms with Gasteiger partial charge in [0.2, 0.25) is 0 Å². The Morgan fingerprint density at radius 2 is 1.88 bits per heavy atom. The van der Waals surface area contributed by atoms with Gasteiger partial charge in [-0.25, -0.2) is 0 Å². The Morgan fingerprint density at radius 3 is 2.52 bits per heavy atom. The summed E-state index contributed by atoms with van der Waals surface area (Å²) in [5, 5.41) is 3.58. The molecule has 1 nitrogen and oxygen atoms in total. The van der Waals surface area contributed by atoms with Crippen molar-refractivity contribution in [2.24, 2.45) is 5.41 Å². The fourth-order valence-corrected chi connectivity index (χ4v) is 3.19. The molecule has 1 heteroatoms. The number of rotatable bonds is 7. The topological polar surface area (TPSA) is 12.0 Å². The molecule has 0 heterocycles. The normalized spacial score (nSPS) is 16.0. The van der Waals surface area contributed by atoms with Gasteiger partial charge in [-0.05, 0) is 48.3 Å². The lowest BCUT2D eigenvalue weighted by Gasteiger charge is -2.21. The van der Waals surface area contributed by atoms with Crippen LogP contribution in [0.3, 0.4) is 0 Å². The molecule has 0 radical (unpaired) electrons. The molecule has 1 aliphatic carbocycles. The van der Waals surface area contributed by atoms with Crippen LogP contribution >= 0.6 is 0 Å². The summed E-state index contributed by atoms with van der Waals surface area (Å²) in [5.74, 6) is 0. The van der Waals surface area contributed by atoms with Crippen LogP contribution in [0.2, 0.25) is 0 Å². The number of unbranched alkanes of at least 4 members (excludes halogenated alkanes) is 1. The second kappa shape index (κ2) is 8.89. The minimum atomic E-state index is 0.421. The fourth-order valence-electron chi connectivity index (χ4n) is 3.19. The molecule has 0 fully saturated rings. The smallest absolute Gasteiger partial charge is 0.0349 e. The van der Waals surface area contributed by atoms with Gasteiger partial charge in [0.15, 0.2) is 0 Å². The molecular weight excluding hydrogens is 302 g/mol. The van der Waals surface area contributed by atoms with Crippen LogP contribution in [0.4, 0.5) is 0 Å². The zero-order valence-corrected chi connectivity index (χ0v) is 16.4. The molecule has 1 aromatic rings. The van der Waals surface area contributed by atoms with Crippen LogP contribution in [-0.4, -0.2) is 6.54 Å². The minimum Gasteiger partial charge on any atom is -0.385 e. The molecule has 0 unspecified atom stereocenters. The van der Waals surface area contributed by atoms with Gasteiger partial charge in [-0.2, -0.15) is 0 Å². The summed E-state index contributed by atoms with van der Waals surface area (Å²) in [6.07, 6.45) is 13.3. The lowest BCUT2D eigenvalue weighted by Crippen LogP contribution is -2.17. The third kappa shape index (κ3) is 6.08. The van der Waals surface area contributed by atoms with Gasteiger partial charge in [-0.15, -0.1) is 0 Å². The largest absolute Gasteiger partial charge is 0.385 e. The lowest BCUT2D eigenvalue weighted by atomic mass is 9.89. The lowest BCUT2D eigenvalue weighted by molar-refractivity contribution is 0.360. The molecule has 134 valence electrons. The summed E-state index contributed by atoms with van der Waals surface area (Å²) in [6, 6.07) is 8.59. The first kappa shape index (κ1) is 19.3. The van der Waals surface area contributed by atoms with E-state index in [4.69, 9.17) is 0 Å². The van der Waals surface area contributed by atoms with Crippen molar-refractivity contribution in [3.63, 3.8) is 0 Å². The number of allylic oxidation sites excluding steroid dienone is 6. The summed E-state index contributed by atoms with van der Waals surface area (Å²) in [4.78, 5) is 0. The molecule has 0 saturated heterocycles. The molecule has 0 amide bonds. The molecule has 2 rings (SSSR count). The van der Waals surface area contributed by atoms with E-state index in [0.29, 0.717) is 5.41 Å². The highest BCUT2D eigenvalue weighted by Crippen LogP contribution is 2.31. The second-order valence-electron chi connectivity index (χ2n) is 8.13. The summed E-state index contributed by atoms with van der Waals surface area (Å²) >= 11 is 0. The fraction of sp³-hybridized carbons (Fsp3) is 0.417. The third-order valence-corrected chi connectivity index (χ3v) is 4.61. The van der Waals surface area contributed by atoms with E-state index in [9.17, 15) is 0 Å². The number of benzene rings is 1. The Labute approximate surface area is 154 Å². The summed E-state index contributed by atoms with van der Waals surface area (Å²) < 4.78 is 0. The van der Waals surface area contributed by atoms with Gasteiger partial charge < -0.3 is 5.32 Å². The number of nitrogens with one attached hydrogen (secondary N) is 1. The first-order valence-electron chi connectivity index (χ1n) is 9.44.